The summed E-state index contributed by atoms with van der Waals surface area (Å²) in [5.41, 5.74) is 4.17. The summed E-state index contributed by atoms with van der Waals surface area (Å²) in [5.74, 6) is -0.922. The number of benzene rings is 3. The molecule has 0 unspecified atom stereocenters. The SMILES string of the molecule is CCOC(=O)c1[nH]c2cc(Cl)ccc2c1-c1c(-c2ccccc2)ncn1Cc1ccc(Cl)cc1F. The average molecular weight is 508 g/mol. The van der Waals surface area contributed by atoms with Crippen molar-refractivity contribution >= 4 is 40.1 Å². The molecule has 0 fully saturated rings. The molecule has 0 saturated carbocycles. The molecule has 0 saturated heterocycles. The summed E-state index contributed by atoms with van der Waals surface area (Å²) in [5, 5.41) is 1.62. The van der Waals surface area contributed by atoms with Crippen LogP contribution in [-0.2, 0) is 11.3 Å². The number of halogens is 3. The van der Waals surface area contributed by atoms with E-state index in [9.17, 15) is 9.18 Å². The van der Waals surface area contributed by atoms with Crippen LogP contribution in [0.25, 0.3) is 33.4 Å². The summed E-state index contributed by atoms with van der Waals surface area (Å²) in [6, 6.07) is 19.6. The fraction of sp³-hybridized carbons (Fsp3) is 0.111. The molecule has 5 aromatic rings. The van der Waals surface area contributed by atoms with Crippen LogP contribution in [0.1, 0.15) is 23.0 Å². The molecule has 176 valence electrons. The molecule has 35 heavy (non-hydrogen) atoms. The number of hydrogen-bond acceptors (Lipinski definition) is 3. The number of nitrogens with zero attached hydrogens (tertiary/aromatic N) is 2. The monoisotopic (exact) mass is 507 g/mol. The maximum atomic E-state index is 14.7. The van der Waals surface area contributed by atoms with Gasteiger partial charge >= 0.3 is 5.97 Å². The van der Waals surface area contributed by atoms with E-state index in [0.29, 0.717) is 38.1 Å². The van der Waals surface area contributed by atoms with Gasteiger partial charge in [-0.2, -0.15) is 0 Å². The van der Waals surface area contributed by atoms with E-state index in [4.69, 9.17) is 27.9 Å². The lowest BCUT2D eigenvalue weighted by Crippen LogP contribution is -2.09. The molecule has 0 aliphatic heterocycles. The van der Waals surface area contributed by atoms with E-state index in [1.165, 1.54) is 6.07 Å². The van der Waals surface area contributed by atoms with Crippen molar-refractivity contribution in [3.63, 3.8) is 0 Å². The highest BCUT2D eigenvalue weighted by Crippen LogP contribution is 2.39. The minimum atomic E-state index is -0.501. The Hall–Kier alpha value is -3.61. The fourth-order valence-corrected chi connectivity index (χ4v) is 4.51. The highest BCUT2D eigenvalue weighted by atomic mass is 35.5. The molecule has 0 atom stereocenters. The number of carbonyl (C=O) groups is 1. The highest BCUT2D eigenvalue weighted by molar-refractivity contribution is 6.31. The zero-order valence-corrected chi connectivity index (χ0v) is 20.2. The molecule has 0 spiro atoms. The molecule has 0 bridgehead atoms. The van der Waals surface area contributed by atoms with Crippen molar-refractivity contribution in [2.24, 2.45) is 0 Å². The molecule has 0 radical (unpaired) electrons. The Morgan fingerprint density at radius 1 is 1.06 bits per heavy atom. The predicted molar refractivity (Wildman–Crippen MR) is 136 cm³/mol. The largest absolute Gasteiger partial charge is 0.461 e. The third-order valence-corrected chi connectivity index (χ3v) is 6.19. The number of ether oxygens (including phenoxy) is 1. The van der Waals surface area contributed by atoms with Gasteiger partial charge in [-0.1, -0.05) is 65.7 Å². The van der Waals surface area contributed by atoms with Crippen LogP contribution in [0.4, 0.5) is 4.39 Å². The molecular formula is C27H20Cl2FN3O2. The molecule has 2 heterocycles. The Labute approximate surface area is 211 Å². The van der Waals surface area contributed by atoms with Crippen molar-refractivity contribution in [2.45, 2.75) is 13.5 Å². The van der Waals surface area contributed by atoms with Crippen LogP contribution in [0.2, 0.25) is 10.0 Å². The summed E-state index contributed by atoms with van der Waals surface area (Å²) in [4.78, 5) is 20.9. The maximum Gasteiger partial charge on any atom is 0.355 e. The normalized spacial score (nSPS) is 11.2. The molecule has 2 aromatic heterocycles. The summed E-state index contributed by atoms with van der Waals surface area (Å²) < 4.78 is 21.9. The molecule has 5 nitrogen and oxygen atoms in total. The van der Waals surface area contributed by atoms with E-state index in [0.717, 1.165) is 10.9 Å². The number of aromatic nitrogens is 3. The summed E-state index contributed by atoms with van der Waals surface area (Å²) in [6.07, 6.45) is 1.65. The standard InChI is InChI=1S/C27H20Cl2FN3O2/c1-2-35-27(34)25-23(20-11-10-19(29)13-22(20)32-25)26-24(16-6-4-3-5-7-16)31-15-33(26)14-17-8-9-18(28)12-21(17)30/h3-13,15,32H,2,14H2,1H3. The van der Waals surface area contributed by atoms with E-state index < -0.39 is 11.8 Å². The summed E-state index contributed by atoms with van der Waals surface area (Å²) in [6.45, 7) is 2.15. The van der Waals surface area contributed by atoms with Crippen molar-refractivity contribution in [3.8, 4) is 22.5 Å². The van der Waals surface area contributed by atoms with Gasteiger partial charge in [0.25, 0.3) is 0 Å². The third kappa shape index (κ3) is 4.43. The van der Waals surface area contributed by atoms with Gasteiger partial charge < -0.3 is 14.3 Å². The first kappa shape index (κ1) is 23.1. The molecular weight excluding hydrogens is 488 g/mol. The second kappa shape index (κ2) is 9.56. The van der Waals surface area contributed by atoms with Crippen molar-refractivity contribution in [3.05, 3.63) is 100 Å². The molecule has 1 N–H and O–H groups in total. The Balaban J connectivity index is 1.79. The van der Waals surface area contributed by atoms with Gasteiger partial charge in [-0.3, -0.25) is 0 Å². The van der Waals surface area contributed by atoms with Gasteiger partial charge in [0, 0.05) is 37.6 Å². The van der Waals surface area contributed by atoms with Gasteiger partial charge in [-0.25, -0.2) is 14.2 Å². The van der Waals surface area contributed by atoms with E-state index in [-0.39, 0.29) is 18.8 Å². The van der Waals surface area contributed by atoms with Gasteiger partial charge in [0.15, 0.2) is 0 Å². The van der Waals surface area contributed by atoms with Gasteiger partial charge in [0.1, 0.15) is 11.5 Å². The zero-order valence-electron chi connectivity index (χ0n) is 18.7. The smallest absolute Gasteiger partial charge is 0.355 e. The maximum absolute atomic E-state index is 14.7. The van der Waals surface area contributed by atoms with Crippen molar-refractivity contribution in [2.75, 3.05) is 6.61 Å². The number of carbonyl (C=O) groups excluding carboxylic acids is 1. The predicted octanol–water partition coefficient (Wildman–Crippen LogP) is 7.37. The topological polar surface area (TPSA) is 59.9 Å². The molecule has 5 rings (SSSR count). The van der Waals surface area contributed by atoms with Crippen molar-refractivity contribution in [1.29, 1.82) is 0 Å². The number of fused-ring (bicyclic) bond motifs is 1. The minimum absolute atomic E-state index is 0.181. The third-order valence-electron chi connectivity index (χ3n) is 5.72. The van der Waals surface area contributed by atoms with Crippen LogP contribution >= 0.6 is 23.2 Å². The number of nitrogens with one attached hydrogen (secondary N) is 1. The summed E-state index contributed by atoms with van der Waals surface area (Å²) in [7, 11) is 0. The average Bonchev–Trinajstić information content (AvgIpc) is 3.42. The lowest BCUT2D eigenvalue weighted by Gasteiger charge is -2.13. The first-order valence-electron chi connectivity index (χ1n) is 11.0. The lowest BCUT2D eigenvalue weighted by molar-refractivity contribution is 0.0521. The Morgan fingerprint density at radius 2 is 1.80 bits per heavy atom. The van der Waals surface area contributed by atoms with E-state index in [1.807, 2.05) is 41.0 Å². The highest BCUT2D eigenvalue weighted by Gasteiger charge is 2.26. The van der Waals surface area contributed by atoms with Crippen LogP contribution in [0, 0.1) is 5.82 Å². The number of rotatable bonds is 6. The first-order valence-corrected chi connectivity index (χ1v) is 11.7. The number of H-pyrrole nitrogens is 1. The number of imidazole rings is 1. The summed E-state index contributed by atoms with van der Waals surface area (Å²) >= 11 is 12.2. The second-order valence-corrected chi connectivity index (χ2v) is 8.83. The second-order valence-electron chi connectivity index (χ2n) is 7.96. The quantitative estimate of drug-likeness (QED) is 0.244. The van der Waals surface area contributed by atoms with Crippen LogP contribution in [0.15, 0.2) is 73.1 Å². The fourth-order valence-electron chi connectivity index (χ4n) is 4.18. The Morgan fingerprint density at radius 3 is 2.54 bits per heavy atom. The van der Waals surface area contributed by atoms with Gasteiger partial charge in [-0.15, -0.1) is 0 Å². The lowest BCUT2D eigenvalue weighted by atomic mass is 10.0. The van der Waals surface area contributed by atoms with E-state index in [1.54, 1.807) is 37.5 Å². The molecule has 0 aliphatic carbocycles. The van der Waals surface area contributed by atoms with Crippen LogP contribution in [0.3, 0.4) is 0 Å². The number of esters is 1. The van der Waals surface area contributed by atoms with Gasteiger partial charge in [0.2, 0.25) is 0 Å². The van der Waals surface area contributed by atoms with E-state index >= 15 is 0 Å². The molecule has 3 aromatic carbocycles. The van der Waals surface area contributed by atoms with Crippen LogP contribution in [0.5, 0.6) is 0 Å². The first-order chi connectivity index (χ1) is 17.0. The Bertz CT molecular complexity index is 1540. The van der Waals surface area contributed by atoms with Crippen molar-refractivity contribution < 1.29 is 13.9 Å². The molecule has 0 amide bonds. The molecule has 8 heteroatoms. The van der Waals surface area contributed by atoms with Gasteiger partial charge in [0.05, 0.1) is 30.9 Å². The Kier molecular flexibility index (Phi) is 6.32. The minimum Gasteiger partial charge on any atom is -0.461 e. The number of aromatic amines is 1. The zero-order chi connectivity index (χ0) is 24.5. The van der Waals surface area contributed by atoms with E-state index in [2.05, 4.69) is 9.97 Å². The van der Waals surface area contributed by atoms with Crippen molar-refractivity contribution in [1.82, 2.24) is 14.5 Å². The van der Waals surface area contributed by atoms with Crippen LogP contribution in [-0.4, -0.2) is 27.1 Å². The van der Waals surface area contributed by atoms with Crippen LogP contribution < -0.4 is 0 Å². The van der Waals surface area contributed by atoms with Gasteiger partial charge in [-0.05, 0) is 31.2 Å². The molecule has 0 aliphatic rings. The number of hydrogen-bond donors (Lipinski definition) is 1.